The van der Waals surface area contributed by atoms with Gasteiger partial charge >= 0.3 is 12.4 Å². The Bertz CT molecular complexity index is 837. The van der Waals surface area contributed by atoms with E-state index in [1.54, 1.807) is 6.92 Å². The summed E-state index contributed by atoms with van der Waals surface area (Å²) in [7, 11) is 0. The summed E-state index contributed by atoms with van der Waals surface area (Å²) in [6.45, 7) is 3.09. The fourth-order valence-corrected chi connectivity index (χ4v) is 3.32. The van der Waals surface area contributed by atoms with Crippen molar-refractivity contribution < 1.29 is 31.3 Å². The van der Waals surface area contributed by atoms with Crippen LogP contribution < -0.4 is 5.43 Å². The highest BCUT2D eigenvalue weighted by molar-refractivity contribution is 8.14. The van der Waals surface area contributed by atoms with Gasteiger partial charge in [0.1, 0.15) is 21.9 Å². The van der Waals surface area contributed by atoms with Crippen LogP contribution in [0.4, 0.5) is 37.7 Å². The van der Waals surface area contributed by atoms with E-state index in [-0.39, 0.29) is 10.7 Å². The predicted molar refractivity (Wildman–Crippen MR) is 93.0 cm³/mol. The first kappa shape index (κ1) is 22.0. The summed E-state index contributed by atoms with van der Waals surface area (Å²) in [5.41, 5.74) is -2.96. The number of aliphatic imine (C=N–C) groups is 1. The molecule has 0 saturated carbocycles. The van der Waals surface area contributed by atoms with Gasteiger partial charge < -0.3 is 0 Å². The number of hydrogen-bond acceptors (Lipinski definition) is 6. The van der Waals surface area contributed by atoms with Crippen LogP contribution in [-0.2, 0) is 6.18 Å². The van der Waals surface area contributed by atoms with Gasteiger partial charge in [-0.1, -0.05) is 6.92 Å². The standard InChI is InChI=1S/C15H14F6N4O2S/c1-3-28-12(13(2)7-11(23-24-13)15(19,20)21)22-8-4-5-10(25(26)27)9(6-8)14(16,17)18/h4-6,24H,3,7H2,1-2H3. The normalized spacial score (nSPS) is 20.7. The molecule has 1 atom stereocenters. The van der Waals surface area contributed by atoms with Crippen molar-refractivity contribution in [3.8, 4) is 0 Å². The first-order valence-corrected chi connectivity index (χ1v) is 8.75. The summed E-state index contributed by atoms with van der Waals surface area (Å²) in [6.07, 6.45) is -10.2. The molecule has 28 heavy (non-hydrogen) atoms. The molecule has 13 heteroatoms. The lowest BCUT2D eigenvalue weighted by atomic mass is 9.98. The van der Waals surface area contributed by atoms with Crippen molar-refractivity contribution >= 4 is 33.9 Å². The molecule has 0 amide bonds. The third-order valence-corrected chi connectivity index (χ3v) is 4.86. The molecular formula is C15H14F6N4O2S. The van der Waals surface area contributed by atoms with Crippen LogP contribution in [0.1, 0.15) is 25.8 Å². The number of thioether (sulfide) groups is 1. The number of benzene rings is 1. The number of rotatable bonds is 4. The van der Waals surface area contributed by atoms with Crippen LogP contribution in [0.25, 0.3) is 0 Å². The van der Waals surface area contributed by atoms with Crippen LogP contribution in [0.15, 0.2) is 28.3 Å². The fourth-order valence-electron chi connectivity index (χ4n) is 2.44. The molecule has 0 radical (unpaired) electrons. The average Bonchev–Trinajstić information content (AvgIpc) is 2.97. The minimum absolute atomic E-state index is 0.0833. The lowest BCUT2D eigenvalue weighted by Crippen LogP contribution is -2.43. The van der Waals surface area contributed by atoms with Crippen LogP contribution in [0.5, 0.6) is 0 Å². The van der Waals surface area contributed by atoms with Crippen molar-refractivity contribution in [1.82, 2.24) is 5.43 Å². The second kappa shape index (κ2) is 7.60. The Morgan fingerprint density at radius 2 is 1.96 bits per heavy atom. The Labute approximate surface area is 159 Å². The van der Waals surface area contributed by atoms with E-state index < -0.39 is 46.2 Å². The van der Waals surface area contributed by atoms with Gasteiger partial charge in [0.2, 0.25) is 0 Å². The van der Waals surface area contributed by atoms with E-state index in [0.717, 1.165) is 17.8 Å². The molecule has 154 valence electrons. The number of nitro groups is 1. The molecule has 1 N–H and O–H groups in total. The number of hydrogen-bond donors (Lipinski definition) is 1. The third kappa shape index (κ3) is 4.75. The molecule has 1 aliphatic rings. The Hall–Kier alpha value is -2.31. The maximum absolute atomic E-state index is 13.1. The first-order chi connectivity index (χ1) is 12.8. The summed E-state index contributed by atoms with van der Waals surface area (Å²) in [6, 6.07) is 2.17. The van der Waals surface area contributed by atoms with Gasteiger partial charge in [0.15, 0.2) is 0 Å². The van der Waals surface area contributed by atoms with Crippen molar-refractivity contribution in [2.45, 2.75) is 38.2 Å². The van der Waals surface area contributed by atoms with E-state index in [9.17, 15) is 36.5 Å². The summed E-state index contributed by atoms with van der Waals surface area (Å²) >= 11 is 1.04. The summed E-state index contributed by atoms with van der Waals surface area (Å²) in [5, 5.41) is 14.2. The average molecular weight is 428 g/mol. The van der Waals surface area contributed by atoms with Gasteiger partial charge in [-0.15, -0.1) is 11.8 Å². The molecule has 1 aliphatic heterocycles. The molecule has 1 aromatic carbocycles. The Morgan fingerprint density at radius 3 is 2.43 bits per heavy atom. The van der Waals surface area contributed by atoms with E-state index in [0.29, 0.717) is 17.9 Å². The fraction of sp³-hybridized carbons (Fsp3) is 0.467. The van der Waals surface area contributed by atoms with Crippen molar-refractivity contribution in [1.29, 1.82) is 0 Å². The number of nitrogens with zero attached hydrogens (tertiary/aromatic N) is 3. The molecule has 0 saturated heterocycles. The number of nitrogens with one attached hydrogen (secondary N) is 1. The van der Waals surface area contributed by atoms with Gasteiger partial charge in [-0.3, -0.25) is 15.5 Å². The van der Waals surface area contributed by atoms with Crippen LogP contribution >= 0.6 is 11.8 Å². The van der Waals surface area contributed by atoms with E-state index in [4.69, 9.17) is 0 Å². The van der Waals surface area contributed by atoms with Crippen molar-refractivity contribution in [3.63, 3.8) is 0 Å². The third-order valence-electron chi connectivity index (χ3n) is 3.75. The highest BCUT2D eigenvalue weighted by Crippen LogP contribution is 2.39. The minimum atomic E-state index is -4.99. The molecule has 0 spiro atoms. The smallest absolute Gasteiger partial charge is 0.297 e. The van der Waals surface area contributed by atoms with Crippen LogP contribution in [0, 0.1) is 10.1 Å². The summed E-state index contributed by atoms with van der Waals surface area (Å²) in [5.74, 6) is 0.385. The second-order valence-electron chi connectivity index (χ2n) is 5.98. The van der Waals surface area contributed by atoms with Gasteiger partial charge in [-0.05, 0) is 24.8 Å². The number of halogens is 6. The number of alkyl halides is 6. The topological polar surface area (TPSA) is 79.9 Å². The molecule has 0 bridgehead atoms. The van der Waals surface area contributed by atoms with Crippen molar-refractivity contribution in [2.24, 2.45) is 10.1 Å². The summed E-state index contributed by atoms with van der Waals surface area (Å²) in [4.78, 5) is 13.7. The molecule has 1 aromatic rings. The zero-order valence-corrected chi connectivity index (χ0v) is 15.3. The lowest BCUT2D eigenvalue weighted by Gasteiger charge is -2.25. The molecule has 1 unspecified atom stereocenters. The Morgan fingerprint density at radius 1 is 1.32 bits per heavy atom. The molecule has 0 aliphatic carbocycles. The van der Waals surface area contributed by atoms with Gasteiger partial charge in [-0.2, -0.15) is 31.4 Å². The monoisotopic (exact) mass is 428 g/mol. The minimum Gasteiger partial charge on any atom is -0.297 e. The number of hydrazone groups is 1. The zero-order chi connectivity index (χ0) is 21.3. The second-order valence-corrected chi connectivity index (χ2v) is 7.24. The van der Waals surface area contributed by atoms with Crippen LogP contribution in [-0.4, -0.2) is 33.1 Å². The zero-order valence-electron chi connectivity index (χ0n) is 14.5. The van der Waals surface area contributed by atoms with E-state index >= 15 is 0 Å². The molecule has 1 heterocycles. The van der Waals surface area contributed by atoms with Crippen molar-refractivity contribution in [3.05, 3.63) is 33.9 Å². The van der Waals surface area contributed by atoms with Gasteiger partial charge in [0.25, 0.3) is 5.69 Å². The van der Waals surface area contributed by atoms with Gasteiger partial charge in [-0.25, -0.2) is 4.99 Å². The molecule has 2 rings (SSSR count). The van der Waals surface area contributed by atoms with E-state index in [1.165, 1.54) is 6.92 Å². The first-order valence-electron chi connectivity index (χ1n) is 7.76. The molecule has 0 aromatic heterocycles. The van der Waals surface area contributed by atoms with E-state index in [1.807, 2.05) is 0 Å². The maximum Gasteiger partial charge on any atom is 0.431 e. The lowest BCUT2D eigenvalue weighted by molar-refractivity contribution is -0.388. The largest absolute Gasteiger partial charge is 0.431 e. The highest BCUT2D eigenvalue weighted by atomic mass is 32.2. The Balaban J connectivity index is 2.46. The molecular weight excluding hydrogens is 414 g/mol. The predicted octanol–water partition coefficient (Wildman–Crippen LogP) is 5.07. The molecule has 0 fully saturated rings. The maximum atomic E-state index is 13.1. The van der Waals surface area contributed by atoms with Crippen LogP contribution in [0.2, 0.25) is 0 Å². The Kier molecular flexibility index (Phi) is 5.97. The summed E-state index contributed by atoms with van der Waals surface area (Å²) < 4.78 is 78.0. The van der Waals surface area contributed by atoms with E-state index in [2.05, 4.69) is 15.5 Å². The van der Waals surface area contributed by atoms with Crippen LogP contribution in [0.3, 0.4) is 0 Å². The van der Waals surface area contributed by atoms with Gasteiger partial charge in [0, 0.05) is 12.5 Å². The van der Waals surface area contributed by atoms with Crippen molar-refractivity contribution in [2.75, 3.05) is 5.75 Å². The highest BCUT2D eigenvalue weighted by Gasteiger charge is 2.47. The van der Waals surface area contributed by atoms with Gasteiger partial charge in [0.05, 0.1) is 10.6 Å². The SMILES string of the molecule is CCSC(=Nc1ccc([N+](=O)[O-])c(C(F)(F)F)c1)C1(C)CC(C(F)(F)F)=NN1. The quantitative estimate of drug-likeness (QED) is 0.239. The molecule has 6 nitrogen and oxygen atoms in total. The number of nitro benzene ring substituents is 1.